The van der Waals surface area contributed by atoms with Gasteiger partial charge in [0.25, 0.3) is 0 Å². The SMILES string of the molecule is COCCCCOc1ccc(C)cc1C(=O)O. The molecule has 0 aliphatic carbocycles. The summed E-state index contributed by atoms with van der Waals surface area (Å²) in [6, 6.07) is 5.17. The second-order valence-electron chi connectivity index (χ2n) is 3.85. The zero-order valence-corrected chi connectivity index (χ0v) is 10.2. The Morgan fingerprint density at radius 1 is 1.29 bits per heavy atom. The number of aromatic carboxylic acids is 1. The van der Waals surface area contributed by atoms with Crippen molar-refractivity contribution in [1.29, 1.82) is 0 Å². The van der Waals surface area contributed by atoms with Crippen LogP contribution >= 0.6 is 0 Å². The van der Waals surface area contributed by atoms with Crippen LogP contribution in [0.1, 0.15) is 28.8 Å². The Labute approximate surface area is 101 Å². The second kappa shape index (κ2) is 6.91. The van der Waals surface area contributed by atoms with Crippen molar-refractivity contribution >= 4 is 5.97 Å². The summed E-state index contributed by atoms with van der Waals surface area (Å²) >= 11 is 0. The van der Waals surface area contributed by atoms with E-state index in [1.165, 1.54) is 0 Å². The van der Waals surface area contributed by atoms with Gasteiger partial charge in [0.05, 0.1) is 6.61 Å². The maximum absolute atomic E-state index is 11.0. The topological polar surface area (TPSA) is 55.8 Å². The smallest absolute Gasteiger partial charge is 0.339 e. The van der Waals surface area contributed by atoms with E-state index in [2.05, 4.69) is 0 Å². The van der Waals surface area contributed by atoms with Gasteiger partial charge in [-0.2, -0.15) is 0 Å². The van der Waals surface area contributed by atoms with E-state index in [0.29, 0.717) is 19.0 Å². The van der Waals surface area contributed by atoms with E-state index in [1.807, 2.05) is 13.0 Å². The monoisotopic (exact) mass is 238 g/mol. The summed E-state index contributed by atoms with van der Waals surface area (Å²) in [5.41, 5.74) is 1.13. The van der Waals surface area contributed by atoms with E-state index < -0.39 is 5.97 Å². The van der Waals surface area contributed by atoms with Crippen molar-refractivity contribution in [2.24, 2.45) is 0 Å². The molecule has 0 fully saturated rings. The molecule has 0 aliphatic heterocycles. The number of unbranched alkanes of at least 4 members (excludes halogenated alkanes) is 1. The number of rotatable bonds is 7. The lowest BCUT2D eigenvalue weighted by atomic mass is 10.1. The van der Waals surface area contributed by atoms with Crippen LogP contribution in [0.3, 0.4) is 0 Å². The van der Waals surface area contributed by atoms with Gasteiger partial charge in [0, 0.05) is 13.7 Å². The van der Waals surface area contributed by atoms with Gasteiger partial charge in [-0.3, -0.25) is 0 Å². The Balaban J connectivity index is 2.55. The van der Waals surface area contributed by atoms with Crippen molar-refractivity contribution in [2.75, 3.05) is 20.3 Å². The van der Waals surface area contributed by atoms with E-state index in [1.54, 1.807) is 19.2 Å². The molecular weight excluding hydrogens is 220 g/mol. The molecule has 1 aromatic rings. The normalized spacial score (nSPS) is 10.2. The Kier molecular flexibility index (Phi) is 5.49. The molecule has 1 N–H and O–H groups in total. The van der Waals surface area contributed by atoms with Gasteiger partial charge in [0.2, 0.25) is 0 Å². The molecule has 0 saturated heterocycles. The van der Waals surface area contributed by atoms with Crippen molar-refractivity contribution in [3.63, 3.8) is 0 Å². The molecule has 4 heteroatoms. The lowest BCUT2D eigenvalue weighted by Gasteiger charge is -2.09. The van der Waals surface area contributed by atoms with Crippen LogP contribution in [0.5, 0.6) is 5.75 Å². The van der Waals surface area contributed by atoms with E-state index in [4.69, 9.17) is 14.6 Å². The minimum atomic E-state index is -0.958. The fourth-order valence-electron chi connectivity index (χ4n) is 1.47. The van der Waals surface area contributed by atoms with Crippen LogP contribution in [-0.2, 0) is 4.74 Å². The van der Waals surface area contributed by atoms with Crippen molar-refractivity contribution < 1.29 is 19.4 Å². The summed E-state index contributed by atoms with van der Waals surface area (Å²) in [7, 11) is 1.66. The maximum atomic E-state index is 11.0. The van der Waals surface area contributed by atoms with Crippen molar-refractivity contribution in [3.05, 3.63) is 29.3 Å². The van der Waals surface area contributed by atoms with Crippen LogP contribution in [0.15, 0.2) is 18.2 Å². The Hall–Kier alpha value is -1.55. The Morgan fingerprint density at radius 3 is 2.65 bits per heavy atom. The Morgan fingerprint density at radius 2 is 2.00 bits per heavy atom. The number of aryl methyl sites for hydroxylation is 1. The molecule has 0 spiro atoms. The highest BCUT2D eigenvalue weighted by atomic mass is 16.5. The van der Waals surface area contributed by atoms with Crippen molar-refractivity contribution in [2.45, 2.75) is 19.8 Å². The Bertz CT molecular complexity index is 374. The van der Waals surface area contributed by atoms with Gasteiger partial charge in [0.15, 0.2) is 0 Å². The van der Waals surface area contributed by atoms with E-state index in [0.717, 1.165) is 18.4 Å². The number of hydrogen-bond donors (Lipinski definition) is 1. The number of carboxylic acid groups (broad SMARTS) is 1. The predicted octanol–water partition coefficient (Wildman–Crippen LogP) is 2.50. The van der Waals surface area contributed by atoms with Crippen LogP contribution in [0, 0.1) is 6.92 Å². The molecule has 4 nitrogen and oxygen atoms in total. The lowest BCUT2D eigenvalue weighted by molar-refractivity contribution is 0.0692. The summed E-state index contributed by atoms with van der Waals surface area (Å²) in [5, 5.41) is 9.03. The average Bonchev–Trinajstić information content (AvgIpc) is 2.30. The quantitative estimate of drug-likeness (QED) is 0.741. The van der Waals surface area contributed by atoms with Gasteiger partial charge in [-0.25, -0.2) is 4.79 Å². The van der Waals surface area contributed by atoms with Crippen LogP contribution in [0.2, 0.25) is 0 Å². The molecule has 0 unspecified atom stereocenters. The average molecular weight is 238 g/mol. The summed E-state index contributed by atoms with van der Waals surface area (Å²) in [4.78, 5) is 11.0. The molecule has 0 saturated carbocycles. The minimum Gasteiger partial charge on any atom is -0.493 e. The van der Waals surface area contributed by atoms with Gasteiger partial charge < -0.3 is 14.6 Å². The first-order valence-electron chi connectivity index (χ1n) is 5.61. The van der Waals surface area contributed by atoms with Crippen LogP contribution < -0.4 is 4.74 Å². The van der Waals surface area contributed by atoms with Crippen molar-refractivity contribution in [3.8, 4) is 5.75 Å². The number of carboxylic acids is 1. The van der Waals surface area contributed by atoms with E-state index >= 15 is 0 Å². The highest BCUT2D eigenvalue weighted by Crippen LogP contribution is 2.20. The first-order valence-corrected chi connectivity index (χ1v) is 5.61. The minimum absolute atomic E-state index is 0.219. The number of hydrogen-bond acceptors (Lipinski definition) is 3. The van der Waals surface area contributed by atoms with Gasteiger partial charge >= 0.3 is 5.97 Å². The lowest BCUT2D eigenvalue weighted by Crippen LogP contribution is -2.05. The molecule has 0 aromatic heterocycles. The second-order valence-corrected chi connectivity index (χ2v) is 3.85. The maximum Gasteiger partial charge on any atom is 0.339 e. The molecular formula is C13H18O4. The first kappa shape index (κ1) is 13.5. The third-order valence-electron chi connectivity index (χ3n) is 2.37. The summed E-state index contributed by atoms with van der Waals surface area (Å²) in [5.74, 6) is -0.527. The number of ether oxygens (including phenoxy) is 2. The molecule has 94 valence electrons. The summed E-state index contributed by atoms with van der Waals surface area (Å²) < 4.78 is 10.4. The molecule has 1 aromatic carbocycles. The molecule has 0 bridgehead atoms. The fourth-order valence-corrected chi connectivity index (χ4v) is 1.47. The zero-order valence-electron chi connectivity index (χ0n) is 10.2. The highest BCUT2D eigenvalue weighted by molar-refractivity contribution is 5.91. The van der Waals surface area contributed by atoms with Crippen molar-refractivity contribution in [1.82, 2.24) is 0 Å². The fraction of sp³-hybridized carbons (Fsp3) is 0.462. The van der Waals surface area contributed by atoms with E-state index in [9.17, 15) is 4.79 Å². The molecule has 0 aliphatic rings. The summed E-state index contributed by atoms with van der Waals surface area (Å²) in [6.45, 7) is 3.06. The van der Waals surface area contributed by atoms with E-state index in [-0.39, 0.29) is 5.56 Å². The molecule has 0 radical (unpaired) electrons. The number of benzene rings is 1. The van der Waals surface area contributed by atoms with Crippen LogP contribution in [-0.4, -0.2) is 31.4 Å². The molecule has 1 rings (SSSR count). The van der Waals surface area contributed by atoms with Gasteiger partial charge in [-0.15, -0.1) is 0 Å². The van der Waals surface area contributed by atoms with Gasteiger partial charge in [-0.05, 0) is 31.9 Å². The molecule has 0 amide bonds. The third-order valence-corrected chi connectivity index (χ3v) is 2.37. The molecule has 0 heterocycles. The number of methoxy groups -OCH3 is 1. The standard InChI is InChI=1S/C13H18O4/c1-10-5-6-12(11(9-10)13(14)15)17-8-4-3-7-16-2/h5-6,9H,3-4,7-8H2,1-2H3,(H,14,15). The molecule has 17 heavy (non-hydrogen) atoms. The molecule has 0 atom stereocenters. The zero-order chi connectivity index (χ0) is 12.7. The largest absolute Gasteiger partial charge is 0.493 e. The van der Waals surface area contributed by atoms with Gasteiger partial charge in [0.1, 0.15) is 11.3 Å². The predicted molar refractivity (Wildman–Crippen MR) is 64.7 cm³/mol. The van der Waals surface area contributed by atoms with Crippen LogP contribution in [0.4, 0.5) is 0 Å². The van der Waals surface area contributed by atoms with Gasteiger partial charge in [-0.1, -0.05) is 11.6 Å². The third kappa shape index (κ3) is 4.44. The van der Waals surface area contributed by atoms with Crippen LogP contribution in [0.25, 0.3) is 0 Å². The first-order chi connectivity index (χ1) is 8.15. The highest BCUT2D eigenvalue weighted by Gasteiger charge is 2.10. The summed E-state index contributed by atoms with van der Waals surface area (Å²) in [6.07, 6.45) is 1.76. The number of carbonyl (C=O) groups is 1.